The molecule has 1 aromatic rings. The van der Waals surface area contributed by atoms with Crippen molar-refractivity contribution in [1.29, 1.82) is 0 Å². The van der Waals surface area contributed by atoms with E-state index in [-0.39, 0.29) is 0 Å². The summed E-state index contributed by atoms with van der Waals surface area (Å²) in [6.45, 7) is 4.37. The molecule has 0 heterocycles. The van der Waals surface area contributed by atoms with Crippen LogP contribution in [-0.2, 0) is 5.75 Å². The van der Waals surface area contributed by atoms with Crippen molar-refractivity contribution in [3.63, 3.8) is 0 Å². The zero-order valence-electron chi connectivity index (χ0n) is 7.88. The van der Waals surface area contributed by atoms with Crippen LogP contribution in [0.1, 0.15) is 19.4 Å². The Balaban J connectivity index is 2.63. The second-order valence-corrected chi connectivity index (χ2v) is 5.19. The van der Waals surface area contributed by atoms with Gasteiger partial charge in [0.05, 0.1) is 10.7 Å². The second kappa shape index (κ2) is 4.77. The largest absolute Gasteiger partial charge is 0.398 e. The van der Waals surface area contributed by atoms with E-state index >= 15 is 0 Å². The van der Waals surface area contributed by atoms with Crippen molar-refractivity contribution in [1.82, 2.24) is 0 Å². The fraction of sp³-hybridized carbons (Fsp3) is 0.400. The van der Waals surface area contributed by atoms with E-state index < -0.39 is 0 Å². The van der Waals surface area contributed by atoms with E-state index in [1.54, 1.807) is 0 Å². The summed E-state index contributed by atoms with van der Waals surface area (Å²) in [6.07, 6.45) is 0. The van der Waals surface area contributed by atoms with Crippen LogP contribution in [0, 0.1) is 0 Å². The van der Waals surface area contributed by atoms with Gasteiger partial charge in [0, 0.05) is 5.75 Å². The summed E-state index contributed by atoms with van der Waals surface area (Å²) in [7, 11) is 0. The first kappa shape index (κ1) is 10.7. The lowest BCUT2D eigenvalue weighted by Gasteiger charge is -2.06. The predicted octanol–water partition coefficient (Wildman–Crippen LogP) is 3.56. The number of rotatable bonds is 3. The molecule has 1 nitrogen and oxygen atoms in total. The average Bonchev–Trinajstić information content (AvgIpc) is 2.07. The molecule has 1 rings (SSSR count). The quantitative estimate of drug-likeness (QED) is 0.781. The van der Waals surface area contributed by atoms with Crippen molar-refractivity contribution in [3.05, 3.63) is 28.8 Å². The van der Waals surface area contributed by atoms with Crippen LogP contribution >= 0.6 is 23.4 Å². The molecule has 13 heavy (non-hydrogen) atoms. The molecule has 0 saturated heterocycles. The number of hydrogen-bond acceptors (Lipinski definition) is 2. The summed E-state index contributed by atoms with van der Waals surface area (Å²) in [5.41, 5.74) is 7.59. The number of thioether (sulfide) groups is 1. The Morgan fingerprint density at radius 3 is 2.69 bits per heavy atom. The van der Waals surface area contributed by atoms with Crippen LogP contribution in [0.15, 0.2) is 18.2 Å². The standard InChI is InChI=1S/C10H14ClNS/c1-7(2)13-6-8-3-4-9(11)10(12)5-8/h3-5,7H,6,12H2,1-2H3. The fourth-order valence-corrected chi connectivity index (χ4v) is 1.77. The monoisotopic (exact) mass is 215 g/mol. The molecule has 0 spiro atoms. The molecule has 3 heteroatoms. The third-order valence-electron chi connectivity index (χ3n) is 1.64. The highest BCUT2D eigenvalue weighted by molar-refractivity contribution is 7.99. The number of halogens is 1. The molecular formula is C10H14ClNS. The molecule has 0 radical (unpaired) electrons. The molecule has 0 saturated carbocycles. The van der Waals surface area contributed by atoms with Gasteiger partial charge in [0.1, 0.15) is 0 Å². The number of benzene rings is 1. The van der Waals surface area contributed by atoms with Gasteiger partial charge in [-0.15, -0.1) is 0 Å². The van der Waals surface area contributed by atoms with Crippen molar-refractivity contribution in [2.45, 2.75) is 24.9 Å². The SMILES string of the molecule is CC(C)SCc1ccc(Cl)c(N)c1. The Kier molecular flexibility index (Phi) is 3.94. The van der Waals surface area contributed by atoms with Gasteiger partial charge >= 0.3 is 0 Å². The van der Waals surface area contributed by atoms with E-state index in [1.165, 1.54) is 5.56 Å². The van der Waals surface area contributed by atoms with E-state index in [1.807, 2.05) is 30.0 Å². The highest BCUT2D eigenvalue weighted by atomic mass is 35.5. The first-order valence-corrected chi connectivity index (χ1v) is 5.68. The summed E-state index contributed by atoms with van der Waals surface area (Å²) in [4.78, 5) is 0. The minimum Gasteiger partial charge on any atom is -0.398 e. The number of hydrogen-bond donors (Lipinski definition) is 1. The lowest BCUT2D eigenvalue weighted by molar-refractivity contribution is 1.11. The Morgan fingerprint density at radius 2 is 2.15 bits per heavy atom. The molecule has 0 aromatic heterocycles. The molecule has 0 atom stereocenters. The second-order valence-electron chi connectivity index (χ2n) is 3.22. The number of nitrogens with two attached hydrogens (primary N) is 1. The lowest BCUT2D eigenvalue weighted by Crippen LogP contribution is -1.91. The maximum atomic E-state index is 5.81. The first-order valence-electron chi connectivity index (χ1n) is 4.25. The Hall–Kier alpha value is -0.340. The van der Waals surface area contributed by atoms with Crippen molar-refractivity contribution in [3.8, 4) is 0 Å². The maximum Gasteiger partial charge on any atom is 0.0635 e. The minimum atomic E-state index is 0.637. The van der Waals surface area contributed by atoms with Crippen LogP contribution in [0.5, 0.6) is 0 Å². The van der Waals surface area contributed by atoms with Crippen LogP contribution in [0.25, 0.3) is 0 Å². The molecule has 1 aromatic carbocycles. The summed E-state index contributed by atoms with van der Waals surface area (Å²) in [5, 5.41) is 1.29. The lowest BCUT2D eigenvalue weighted by atomic mass is 10.2. The van der Waals surface area contributed by atoms with Gasteiger partial charge in [-0.05, 0) is 22.9 Å². The van der Waals surface area contributed by atoms with Gasteiger partial charge in [-0.1, -0.05) is 31.5 Å². The molecule has 72 valence electrons. The summed E-state index contributed by atoms with van der Waals surface area (Å²) >= 11 is 7.71. The Morgan fingerprint density at radius 1 is 1.46 bits per heavy atom. The molecule has 0 aliphatic carbocycles. The topological polar surface area (TPSA) is 26.0 Å². The fourth-order valence-electron chi connectivity index (χ4n) is 0.946. The summed E-state index contributed by atoms with van der Waals surface area (Å²) in [6, 6.07) is 5.82. The van der Waals surface area contributed by atoms with Gasteiger partial charge < -0.3 is 5.73 Å². The van der Waals surface area contributed by atoms with E-state index in [4.69, 9.17) is 17.3 Å². The van der Waals surface area contributed by atoms with E-state index in [0.29, 0.717) is 16.0 Å². The number of nitrogen functional groups attached to an aromatic ring is 1. The smallest absolute Gasteiger partial charge is 0.0635 e. The minimum absolute atomic E-state index is 0.637. The van der Waals surface area contributed by atoms with Gasteiger partial charge in [-0.3, -0.25) is 0 Å². The third-order valence-corrected chi connectivity index (χ3v) is 3.15. The van der Waals surface area contributed by atoms with Crippen molar-refractivity contribution >= 4 is 29.1 Å². The van der Waals surface area contributed by atoms with Crippen molar-refractivity contribution in [2.24, 2.45) is 0 Å². The maximum absolute atomic E-state index is 5.81. The molecule has 0 aliphatic rings. The van der Waals surface area contributed by atoms with Gasteiger partial charge in [0.15, 0.2) is 0 Å². The van der Waals surface area contributed by atoms with Crippen LogP contribution < -0.4 is 5.73 Å². The van der Waals surface area contributed by atoms with E-state index in [0.717, 1.165) is 5.75 Å². The van der Waals surface area contributed by atoms with Crippen LogP contribution in [0.3, 0.4) is 0 Å². The molecule has 0 bridgehead atoms. The summed E-state index contributed by atoms with van der Waals surface area (Å²) in [5.74, 6) is 0.999. The predicted molar refractivity (Wildman–Crippen MR) is 62.3 cm³/mol. The highest BCUT2D eigenvalue weighted by Gasteiger charge is 2.00. The molecular weight excluding hydrogens is 202 g/mol. The van der Waals surface area contributed by atoms with Crippen molar-refractivity contribution < 1.29 is 0 Å². The van der Waals surface area contributed by atoms with Crippen LogP contribution in [0.4, 0.5) is 5.69 Å². The molecule has 2 N–H and O–H groups in total. The Labute approximate surface area is 88.7 Å². The van der Waals surface area contributed by atoms with Crippen LogP contribution in [0.2, 0.25) is 5.02 Å². The highest BCUT2D eigenvalue weighted by Crippen LogP contribution is 2.23. The number of anilines is 1. The normalized spacial score (nSPS) is 10.8. The average molecular weight is 216 g/mol. The van der Waals surface area contributed by atoms with E-state index in [2.05, 4.69) is 13.8 Å². The zero-order valence-corrected chi connectivity index (χ0v) is 9.45. The first-order chi connectivity index (χ1) is 6.09. The van der Waals surface area contributed by atoms with E-state index in [9.17, 15) is 0 Å². The zero-order chi connectivity index (χ0) is 9.84. The van der Waals surface area contributed by atoms with Gasteiger partial charge in [-0.25, -0.2) is 0 Å². The van der Waals surface area contributed by atoms with Gasteiger partial charge in [0.2, 0.25) is 0 Å². The Bertz CT molecular complexity index is 286. The molecule has 0 unspecified atom stereocenters. The molecule has 0 amide bonds. The third kappa shape index (κ3) is 3.49. The summed E-state index contributed by atoms with van der Waals surface area (Å²) < 4.78 is 0. The van der Waals surface area contributed by atoms with Crippen molar-refractivity contribution in [2.75, 3.05) is 5.73 Å². The van der Waals surface area contributed by atoms with Crippen LogP contribution in [-0.4, -0.2) is 5.25 Å². The molecule has 0 fully saturated rings. The molecule has 0 aliphatic heterocycles. The van der Waals surface area contributed by atoms with Gasteiger partial charge in [-0.2, -0.15) is 11.8 Å². The van der Waals surface area contributed by atoms with Gasteiger partial charge in [0.25, 0.3) is 0 Å².